The highest BCUT2D eigenvalue weighted by Gasteiger charge is 2.00. The number of thiazole rings is 1. The van der Waals surface area contributed by atoms with Crippen LogP contribution < -0.4 is 0 Å². The first-order chi connectivity index (χ1) is 5.33. The minimum absolute atomic E-state index is 0.178. The quantitative estimate of drug-likeness (QED) is 0.644. The Hall–Kier alpha value is -0.700. The molecule has 11 heavy (non-hydrogen) atoms. The highest BCUT2D eigenvalue weighted by atomic mass is 32.1. The number of aromatic nitrogens is 1. The Morgan fingerprint density at radius 2 is 2.64 bits per heavy atom. The number of hydrogen-bond donors (Lipinski definition) is 0. The van der Waals surface area contributed by atoms with Crippen LogP contribution in [-0.2, 0) is 11.2 Å². The third-order valence-corrected chi connectivity index (χ3v) is 2.40. The van der Waals surface area contributed by atoms with Crippen molar-refractivity contribution >= 4 is 17.6 Å². The van der Waals surface area contributed by atoms with E-state index in [2.05, 4.69) is 4.98 Å². The zero-order valence-electron chi connectivity index (χ0n) is 6.49. The molecule has 1 heterocycles. The molecule has 1 atom stereocenters. The zero-order valence-corrected chi connectivity index (χ0v) is 7.30. The molecule has 0 N–H and O–H groups in total. The first kappa shape index (κ1) is 8.40. The van der Waals surface area contributed by atoms with Crippen LogP contribution in [0.25, 0.3) is 0 Å². The van der Waals surface area contributed by atoms with Crippen LogP contribution >= 0.6 is 11.3 Å². The molecule has 60 valence electrons. The van der Waals surface area contributed by atoms with E-state index in [0.717, 1.165) is 19.1 Å². The van der Waals surface area contributed by atoms with E-state index < -0.39 is 0 Å². The number of hydrogen-bond acceptors (Lipinski definition) is 3. The molecule has 0 aromatic carbocycles. The molecular weight excluding hydrogens is 158 g/mol. The van der Waals surface area contributed by atoms with Crippen molar-refractivity contribution in [2.45, 2.75) is 19.8 Å². The zero-order chi connectivity index (χ0) is 8.10. The van der Waals surface area contributed by atoms with Gasteiger partial charge in [-0.15, -0.1) is 11.3 Å². The van der Waals surface area contributed by atoms with E-state index in [4.69, 9.17) is 0 Å². The molecule has 0 aliphatic heterocycles. The van der Waals surface area contributed by atoms with Crippen molar-refractivity contribution in [1.82, 2.24) is 4.98 Å². The van der Waals surface area contributed by atoms with Crippen LogP contribution in [0.1, 0.15) is 18.2 Å². The van der Waals surface area contributed by atoms with Gasteiger partial charge in [0.15, 0.2) is 0 Å². The lowest BCUT2D eigenvalue weighted by Gasteiger charge is -1.98. The average molecular weight is 169 g/mol. The third-order valence-electron chi connectivity index (χ3n) is 1.56. The first-order valence-corrected chi connectivity index (χ1v) is 4.53. The second-order valence-electron chi connectivity index (χ2n) is 2.62. The number of aryl methyl sites for hydroxylation is 1. The fraction of sp³-hybridized carbons (Fsp3) is 0.500. The molecule has 3 heteroatoms. The van der Waals surface area contributed by atoms with Gasteiger partial charge < -0.3 is 4.79 Å². The van der Waals surface area contributed by atoms with Gasteiger partial charge in [-0.2, -0.15) is 0 Å². The number of carbonyl (C=O) groups is 1. The Morgan fingerprint density at radius 3 is 3.18 bits per heavy atom. The maximum atomic E-state index is 10.3. The molecule has 1 aromatic heterocycles. The van der Waals surface area contributed by atoms with Gasteiger partial charge in [0.25, 0.3) is 0 Å². The van der Waals surface area contributed by atoms with Crippen LogP contribution in [0.2, 0.25) is 0 Å². The van der Waals surface area contributed by atoms with E-state index in [1.807, 2.05) is 18.6 Å². The summed E-state index contributed by atoms with van der Waals surface area (Å²) < 4.78 is 0. The predicted molar refractivity (Wildman–Crippen MR) is 45.7 cm³/mol. The lowest BCUT2D eigenvalue weighted by atomic mass is 10.1. The van der Waals surface area contributed by atoms with E-state index in [-0.39, 0.29) is 5.92 Å². The fourth-order valence-electron chi connectivity index (χ4n) is 0.804. The van der Waals surface area contributed by atoms with Gasteiger partial charge in [-0.05, 0) is 12.8 Å². The van der Waals surface area contributed by atoms with E-state index in [1.165, 1.54) is 4.88 Å². The summed E-state index contributed by atoms with van der Waals surface area (Å²) in [5.41, 5.74) is 1.82. The third kappa shape index (κ3) is 2.80. The summed E-state index contributed by atoms with van der Waals surface area (Å²) in [6, 6.07) is 0. The molecule has 0 radical (unpaired) electrons. The largest absolute Gasteiger partial charge is 0.303 e. The second kappa shape index (κ2) is 4.23. The van der Waals surface area contributed by atoms with E-state index in [9.17, 15) is 4.79 Å². The van der Waals surface area contributed by atoms with Crippen molar-refractivity contribution in [2.75, 3.05) is 0 Å². The average Bonchev–Trinajstić information content (AvgIpc) is 2.52. The van der Waals surface area contributed by atoms with Crippen molar-refractivity contribution < 1.29 is 4.79 Å². The predicted octanol–water partition coefficient (Wildman–Crippen LogP) is 1.91. The van der Waals surface area contributed by atoms with Crippen LogP contribution in [0.5, 0.6) is 0 Å². The van der Waals surface area contributed by atoms with Gasteiger partial charge >= 0.3 is 0 Å². The number of carbonyl (C=O) groups excluding carboxylic acids is 1. The normalized spacial score (nSPS) is 12.8. The van der Waals surface area contributed by atoms with Crippen LogP contribution in [0.3, 0.4) is 0 Å². The van der Waals surface area contributed by atoms with Crippen LogP contribution in [0, 0.1) is 5.92 Å². The van der Waals surface area contributed by atoms with E-state index in [1.54, 1.807) is 11.3 Å². The van der Waals surface area contributed by atoms with Crippen molar-refractivity contribution in [3.05, 3.63) is 16.6 Å². The Labute approximate surface area is 70.3 Å². The monoisotopic (exact) mass is 169 g/mol. The first-order valence-electron chi connectivity index (χ1n) is 3.65. The molecular formula is C8H11NOS. The van der Waals surface area contributed by atoms with Gasteiger partial charge in [0, 0.05) is 17.0 Å². The molecule has 1 aromatic rings. The summed E-state index contributed by atoms with van der Waals surface area (Å²) in [5, 5.41) is 0. The Kier molecular flexibility index (Phi) is 3.23. The standard InChI is InChI=1S/C8H11NOS/c1-7(5-10)2-3-8-4-9-6-11-8/h4-7H,2-3H2,1H3. The molecule has 0 spiro atoms. The van der Waals surface area contributed by atoms with Gasteiger partial charge in [0.05, 0.1) is 5.51 Å². The molecule has 0 saturated heterocycles. The van der Waals surface area contributed by atoms with Gasteiger partial charge in [-0.25, -0.2) is 0 Å². The van der Waals surface area contributed by atoms with Gasteiger partial charge in [-0.1, -0.05) is 6.92 Å². The summed E-state index contributed by atoms with van der Waals surface area (Å²) in [6.07, 6.45) is 4.78. The molecule has 0 saturated carbocycles. The summed E-state index contributed by atoms with van der Waals surface area (Å²) in [4.78, 5) is 15.5. The summed E-state index contributed by atoms with van der Waals surface area (Å²) >= 11 is 1.65. The molecule has 1 unspecified atom stereocenters. The number of rotatable bonds is 4. The molecule has 0 fully saturated rings. The molecule has 0 aliphatic carbocycles. The molecule has 0 aliphatic rings. The summed E-state index contributed by atoms with van der Waals surface area (Å²) in [7, 11) is 0. The fourth-order valence-corrected chi connectivity index (χ4v) is 1.42. The van der Waals surface area contributed by atoms with Crippen LogP contribution in [0.15, 0.2) is 11.7 Å². The van der Waals surface area contributed by atoms with E-state index in [0.29, 0.717) is 0 Å². The molecule has 2 nitrogen and oxygen atoms in total. The van der Waals surface area contributed by atoms with E-state index >= 15 is 0 Å². The topological polar surface area (TPSA) is 30.0 Å². The summed E-state index contributed by atoms with van der Waals surface area (Å²) in [6.45, 7) is 1.94. The second-order valence-corrected chi connectivity index (χ2v) is 3.59. The van der Waals surface area contributed by atoms with Crippen LogP contribution in [-0.4, -0.2) is 11.3 Å². The van der Waals surface area contributed by atoms with Gasteiger partial charge in [-0.3, -0.25) is 4.98 Å². The smallest absolute Gasteiger partial charge is 0.122 e. The molecule has 1 rings (SSSR count). The van der Waals surface area contributed by atoms with Gasteiger partial charge in [0.2, 0.25) is 0 Å². The van der Waals surface area contributed by atoms with Crippen LogP contribution in [0.4, 0.5) is 0 Å². The van der Waals surface area contributed by atoms with Gasteiger partial charge in [0.1, 0.15) is 6.29 Å². The number of aldehydes is 1. The highest BCUT2D eigenvalue weighted by Crippen LogP contribution is 2.11. The van der Waals surface area contributed by atoms with Crippen molar-refractivity contribution in [1.29, 1.82) is 0 Å². The maximum Gasteiger partial charge on any atom is 0.122 e. The molecule has 0 bridgehead atoms. The highest BCUT2D eigenvalue weighted by molar-refractivity contribution is 7.09. The lowest BCUT2D eigenvalue weighted by Crippen LogP contribution is -1.96. The van der Waals surface area contributed by atoms with Crippen molar-refractivity contribution in [3.63, 3.8) is 0 Å². The Morgan fingerprint density at radius 1 is 1.82 bits per heavy atom. The Balaban J connectivity index is 2.28. The molecule has 0 amide bonds. The minimum atomic E-state index is 0.178. The SMILES string of the molecule is CC(C=O)CCc1cncs1. The minimum Gasteiger partial charge on any atom is -0.303 e. The summed E-state index contributed by atoms with van der Waals surface area (Å²) in [5.74, 6) is 0.178. The Bertz CT molecular complexity index is 208. The lowest BCUT2D eigenvalue weighted by molar-refractivity contribution is -0.110. The van der Waals surface area contributed by atoms with Crippen molar-refractivity contribution in [2.24, 2.45) is 5.92 Å². The maximum absolute atomic E-state index is 10.3. The number of nitrogens with zero attached hydrogens (tertiary/aromatic N) is 1. The van der Waals surface area contributed by atoms with Crippen molar-refractivity contribution in [3.8, 4) is 0 Å².